The summed E-state index contributed by atoms with van der Waals surface area (Å²) < 4.78 is 16.2. The second-order valence-electron chi connectivity index (χ2n) is 12.0. The Balaban J connectivity index is 1.60. The van der Waals surface area contributed by atoms with E-state index in [2.05, 4.69) is 6.92 Å². The van der Waals surface area contributed by atoms with Gasteiger partial charge >= 0.3 is 17.9 Å². The molecule has 4 fully saturated rings. The highest BCUT2D eigenvalue weighted by molar-refractivity contribution is 5.84. The van der Waals surface area contributed by atoms with Gasteiger partial charge in [0.25, 0.3) is 0 Å². The number of fused-ring (bicyclic) bond motifs is 5. The smallest absolute Gasteiger partial charge is 0.303 e. The molecule has 9 unspecified atom stereocenters. The molecule has 0 heterocycles. The number of hydrogen-bond acceptors (Lipinski definition) is 8. The van der Waals surface area contributed by atoms with E-state index in [0.29, 0.717) is 12.3 Å². The van der Waals surface area contributed by atoms with Crippen molar-refractivity contribution >= 4 is 23.7 Å². The normalized spacial score (nSPS) is 43.3. The predicted octanol–water partition coefficient (Wildman–Crippen LogP) is 3.37. The van der Waals surface area contributed by atoms with Crippen LogP contribution < -0.4 is 0 Å². The van der Waals surface area contributed by atoms with Crippen molar-refractivity contribution in [3.05, 3.63) is 0 Å². The first-order chi connectivity index (χ1) is 16.3. The van der Waals surface area contributed by atoms with E-state index in [9.17, 15) is 24.3 Å². The van der Waals surface area contributed by atoms with Gasteiger partial charge in [0, 0.05) is 38.5 Å². The number of carbonyl (C=O) groups excluding carboxylic acids is 4. The highest BCUT2D eigenvalue weighted by atomic mass is 16.6. The van der Waals surface area contributed by atoms with E-state index < -0.39 is 29.1 Å². The Kier molecular flexibility index (Phi) is 6.84. The number of ether oxygens (including phenoxy) is 3. The molecule has 0 radical (unpaired) electrons. The van der Waals surface area contributed by atoms with Crippen LogP contribution in [-0.2, 0) is 33.4 Å². The second-order valence-corrected chi connectivity index (χ2v) is 12.0. The standard InChI is InChI=1S/C27H40O8/c1-15(28)33-14-23(35-17(3)30)27(32)11-9-21-20-7-6-18-12-19(34-16(2)29)8-10-25(18,4)24(20)22(31)13-26(21,27)5/h18-21,23-24,32H,6-14H2,1-5H3. The van der Waals surface area contributed by atoms with Crippen LogP contribution in [-0.4, -0.2) is 53.2 Å². The van der Waals surface area contributed by atoms with Gasteiger partial charge in [-0.3, -0.25) is 19.2 Å². The van der Waals surface area contributed by atoms with Gasteiger partial charge in [0.15, 0.2) is 6.10 Å². The van der Waals surface area contributed by atoms with Gasteiger partial charge in [0.2, 0.25) is 0 Å². The third-order valence-electron chi connectivity index (χ3n) is 10.1. The summed E-state index contributed by atoms with van der Waals surface area (Å²) in [6.45, 7) is 7.96. The lowest BCUT2D eigenvalue weighted by molar-refractivity contribution is -0.211. The third kappa shape index (κ3) is 4.30. The van der Waals surface area contributed by atoms with Gasteiger partial charge in [-0.25, -0.2) is 0 Å². The van der Waals surface area contributed by atoms with E-state index in [-0.39, 0.29) is 54.1 Å². The summed E-state index contributed by atoms with van der Waals surface area (Å²) in [5.41, 5.74) is -2.38. The Morgan fingerprint density at radius 1 is 1.00 bits per heavy atom. The number of esters is 3. The van der Waals surface area contributed by atoms with Crippen LogP contribution in [0.1, 0.15) is 86.0 Å². The molecule has 4 saturated carbocycles. The van der Waals surface area contributed by atoms with Crippen molar-refractivity contribution in [2.24, 2.45) is 34.5 Å². The van der Waals surface area contributed by atoms with E-state index in [1.165, 1.54) is 20.8 Å². The van der Waals surface area contributed by atoms with Crippen molar-refractivity contribution in [1.82, 2.24) is 0 Å². The summed E-state index contributed by atoms with van der Waals surface area (Å²) in [6, 6.07) is 0. The fourth-order valence-corrected chi connectivity index (χ4v) is 8.60. The van der Waals surface area contributed by atoms with E-state index >= 15 is 0 Å². The maximum absolute atomic E-state index is 13.9. The highest BCUT2D eigenvalue weighted by Crippen LogP contribution is 2.68. The summed E-state index contributed by atoms with van der Waals surface area (Å²) in [5, 5.41) is 12.0. The van der Waals surface area contributed by atoms with Crippen molar-refractivity contribution in [1.29, 1.82) is 0 Å². The molecule has 0 bridgehead atoms. The van der Waals surface area contributed by atoms with Crippen LogP contribution in [0, 0.1) is 34.5 Å². The molecular weight excluding hydrogens is 452 g/mol. The number of aliphatic hydroxyl groups is 1. The fourth-order valence-electron chi connectivity index (χ4n) is 8.60. The molecule has 35 heavy (non-hydrogen) atoms. The summed E-state index contributed by atoms with van der Waals surface area (Å²) in [7, 11) is 0. The zero-order valence-electron chi connectivity index (χ0n) is 21.6. The largest absolute Gasteiger partial charge is 0.463 e. The van der Waals surface area contributed by atoms with Crippen molar-refractivity contribution in [2.45, 2.75) is 104 Å². The van der Waals surface area contributed by atoms with E-state index in [4.69, 9.17) is 14.2 Å². The molecule has 9 atom stereocenters. The molecule has 0 saturated heterocycles. The summed E-state index contributed by atoms with van der Waals surface area (Å²) in [5.74, 6) is -0.655. The van der Waals surface area contributed by atoms with E-state index in [1.54, 1.807) is 0 Å². The van der Waals surface area contributed by atoms with E-state index in [1.807, 2.05) is 6.92 Å². The van der Waals surface area contributed by atoms with Gasteiger partial charge in [0.05, 0.1) is 0 Å². The summed E-state index contributed by atoms with van der Waals surface area (Å²) in [6.07, 6.45) is 4.51. The first kappa shape index (κ1) is 26.1. The second kappa shape index (κ2) is 9.16. The summed E-state index contributed by atoms with van der Waals surface area (Å²) in [4.78, 5) is 48.8. The van der Waals surface area contributed by atoms with Crippen LogP contribution in [0.2, 0.25) is 0 Å². The van der Waals surface area contributed by atoms with Crippen molar-refractivity contribution in [3.63, 3.8) is 0 Å². The monoisotopic (exact) mass is 492 g/mol. The molecular formula is C27H40O8. The molecule has 1 N–H and O–H groups in total. The minimum absolute atomic E-state index is 0.0755. The SMILES string of the molecule is CC(=O)OCC(OC(C)=O)C1(O)CCC2C3CCC4CC(OC(C)=O)CCC4(C)C3C(=O)CC21C. The van der Waals surface area contributed by atoms with E-state index in [0.717, 1.165) is 38.5 Å². The molecule has 8 heteroatoms. The fraction of sp³-hybridized carbons (Fsp3) is 0.852. The third-order valence-corrected chi connectivity index (χ3v) is 10.1. The van der Waals surface area contributed by atoms with Crippen LogP contribution in [0.15, 0.2) is 0 Å². The van der Waals surface area contributed by atoms with Crippen LogP contribution in [0.25, 0.3) is 0 Å². The number of rotatable bonds is 5. The van der Waals surface area contributed by atoms with Crippen molar-refractivity contribution in [2.75, 3.05) is 6.61 Å². The Hall–Kier alpha value is -1.96. The zero-order chi connectivity index (χ0) is 25.8. The Morgan fingerprint density at radius 2 is 1.71 bits per heavy atom. The zero-order valence-corrected chi connectivity index (χ0v) is 21.6. The lowest BCUT2D eigenvalue weighted by atomic mass is 9.44. The highest BCUT2D eigenvalue weighted by Gasteiger charge is 2.69. The molecule has 0 aromatic carbocycles. The molecule has 0 aromatic heterocycles. The number of ketones is 1. The lowest BCUT2D eigenvalue weighted by Gasteiger charge is -2.61. The molecule has 0 spiro atoms. The predicted molar refractivity (Wildman–Crippen MR) is 125 cm³/mol. The molecule has 0 amide bonds. The van der Waals surface area contributed by atoms with Gasteiger partial charge in [-0.1, -0.05) is 13.8 Å². The molecule has 0 aromatic rings. The van der Waals surface area contributed by atoms with Crippen LogP contribution in [0.5, 0.6) is 0 Å². The number of Topliss-reactive ketones (excluding diaryl/α,β-unsaturated/α-hetero) is 1. The average Bonchev–Trinajstić information content (AvgIpc) is 3.01. The Bertz CT molecular complexity index is 900. The maximum atomic E-state index is 13.9. The average molecular weight is 493 g/mol. The van der Waals surface area contributed by atoms with Gasteiger partial charge in [-0.2, -0.15) is 0 Å². The minimum Gasteiger partial charge on any atom is -0.463 e. The quantitative estimate of drug-likeness (QED) is 0.459. The molecule has 196 valence electrons. The molecule has 4 aliphatic rings. The van der Waals surface area contributed by atoms with Gasteiger partial charge in [0.1, 0.15) is 24.1 Å². The lowest BCUT2D eigenvalue weighted by Crippen LogP contribution is -2.63. The van der Waals surface area contributed by atoms with Gasteiger partial charge in [-0.05, 0) is 68.1 Å². The van der Waals surface area contributed by atoms with Crippen molar-refractivity contribution in [3.8, 4) is 0 Å². The Morgan fingerprint density at radius 3 is 2.34 bits per heavy atom. The Labute approximate surface area is 207 Å². The van der Waals surface area contributed by atoms with Crippen molar-refractivity contribution < 1.29 is 38.5 Å². The summed E-state index contributed by atoms with van der Waals surface area (Å²) >= 11 is 0. The minimum atomic E-state index is -1.45. The molecule has 8 nitrogen and oxygen atoms in total. The first-order valence-electron chi connectivity index (χ1n) is 13.0. The molecule has 0 aliphatic heterocycles. The topological polar surface area (TPSA) is 116 Å². The van der Waals surface area contributed by atoms with Crippen LogP contribution >= 0.6 is 0 Å². The number of carbonyl (C=O) groups is 4. The van der Waals surface area contributed by atoms with Crippen LogP contribution in [0.4, 0.5) is 0 Å². The van der Waals surface area contributed by atoms with Crippen LogP contribution in [0.3, 0.4) is 0 Å². The van der Waals surface area contributed by atoms with Gasteiger partial charge in [-0.15, -0.1) is 0 Å². The van der Waals surface area contributed by atoms with Gasteiger partial charge < -0.3 is 19.3 Å². The first-order valence-corrected chi connectivity index (χ1v) is 13.0. The molecule has 4 rings (SSSR count). The number of hydrogen-bond donors (Lipinski definition) is 1. The maximum Gasteiger partial charge on any atom is 0.303 e. The molecule has 4 aliphatic carbocycles.